The molecule has 3 aromatic carbocycles. The highest BCUT2D eigenvalue weighted by molar-refractivity contribution is 7.88. The van der Waals surface area contributed by atoms with E-state index in [9.17, 15) is 22.4 Å². The first-order valence-corrected chi connectivity index (χ1v) is 14.7. The molecular formula is C30H36FN3O4S. The predicted octanol–water partition coefficient (Wildman–Crippen LogP) is 4.52. The molecule has 1 atom stereocenters. The Balaban J connectivity index is 1.99. The molecule has 3 aromatic rings. The zero-order valence-electron chi connectivity index (χ0n) is 22.6. The molecule has 9 heteroatoms. The van der Waals surface area contributed by atoms with Crippen LogP contribution < -0.4 is 5.32 Å². The van der Waals surface area contributed by atoms with Crippen LogP contribution in [0.25, 0.3) is 0 Å². The average Bonchev–Trinajstić information content (AvgIpc) is 2.89. The van der Waals surface area contributed by atoms with Crippen molar-refractivity contribution in [2.24, 2.45) is 5.92 Å². The Morgan fingerprint density at radius 2 is 1.41 bits per heavy atom. The van der Waals surface area contributed by atoms with Gasteiger partial charge in [0.1, 0.15) is 11.9 Å². The summed E-state index contributed by atoms with van der Waals surface area (Å²) >= 11 is 0. The molecule has 0 saturated heterocycles. The van der Waals surface area contributed by atoms with Gasteiger partial charge in [0.15, 0.2) is 0 Å². The molecule has 0 radical (unpaired) electrons. The lowest BCUT2D eigenvalue weighted by Gasteiger charge is -2.33. The van der Waals surface area contributed by atoms with E-state index in [2.05, 4.69) is 19.2 Å². The molecular weight excluding hydrogens is 517 g/mol. The smallest absolute Gasteiger partial charge is 0.247 e. The van der Waals surface area contributed by atoms with Gasteiger partial charge in [-0.15, -0.1) is 0 Å². The molecule has 0 aliphatic heterocycles. The summed E-state index contributed by atoms with van der Waals surface area (Å²) in [4.78, 5) is 28.9. The summed E-state index contributed by atoms with van der Waals surface area (Å²) in [7, 11) is -3.77. The van der Waals surface area contributed by atoms with Crippen LogP contribution >= 0.6 is 0 Å². The van der Waals surface area contributed by atoms with Crippen LogP contribution in [0.5, 0.6) is 0 Å². The molecule has 0 bridgehead atoms. The first-order valence-electron chi connectivity index (χ1n) is 12.9. The van der Waals surface area contributed by atoms with Gasteiger partial charge in [-0.25, -0.2) is 12.8 Å². The second-order valence-electron chi connectivity index (χ2n) is 9.95. The monoisotopic (exact) mass is 553 g/mol. The maximum absolute atomic E-state index is 13.9. The zero-order chi connectivity index (χ0) is 28.4. The van der Waals surface area contributed by atoms with Crippen LogP contribution in [0.3, 0.4) is 0 Å². The van der Waals surface area contributed by atoms with E-state index in [0.29, 0.717) is 23.6 Å². The Hall–Kier alpha value is -3.56. The number of hydrogen-bond donors (Lipinski definition) is 1. The Morgan fingerprint density at radius 1 is 0.846 bits per heavy atom. The summed E-state index contributed by atoms with van der Waals surface area (Å²) in [6.07, 6.45) is 1.82. The van der Waals surface area contributed by atoms with Gasteiger partial charge in [0.2, 0.25) is 21.8 Å². The third-order valence-corrected chi connectivity index (χ3v) is 7.46. The third-order valence-electron chi connectivity index (χ3n) is 6.27. The fourth-order valence-electron chi connectivity index (χ4n) is 4.12. The first-order chi connectivity index (χ1) is 18.5. The zero-order valence-corrected chi connectivity index (χ0v) is 23.4. The van der Waals surface area contributed by atoms with Crippen molar-refractivity contribution in [3.8, 4) is 0 Å². The van der Waals surface area contributed by atoms with E-state index in [1.54, 1.807) is 60.7 Å². The maximum Gasteiger partial charge on any atom is 0.247 e. The number of sulfonamides is 1. The van der Waals surface area contributed by atoms with E-state index >= 15 is 0 Å². The van der Waals surface area contributed by atoms with E-state index in [4.69, 9.17) is 0 Å². The second-order valence-corrected chi connectivity index (χ2v) is 11.9. The molecule has 0 aromatic heterocycles. The number of nitrogens with one attached hydrogen (secondary N) is 1. The molecule has 0 unspecified atom stereocenters. The van der Waals surface area contributed by atoms with Crippen molar-refractivity contribution in [2.75, 3.05) is 19.3 Å². The molecule has 208 valence electrons. The summed E-state index contributed by atoms with van der Waals surface area (Å²) < 4.78 is 40.1. The Morgan fingerprint density at radius 3 is 1.97 bits per heavy atom. The number of nitrogens with zero attached hydrogens (tertiary/aromatic N) is 2. The minimum atomic E-state index is -3.77. The number of rotatable bonds is 13. The highest BCUT2D eigenvalue weighted by Crippen LogP contribution is 2.25. The van der Waals surface area contributed by atoms with Crippen LogP contribution in [0.15, 0.2) is 84.9 Å². The lowest BCUT2D eigenvalue weighted by atomic mass is 10.0. The van der Waals surface area contributed by atoms with Crippen molar-refractivity contribution in [3.05, 3.63) is 107 Å². The van der Waals surface area contributed by atoms with E-state index in [1.165, 1.54) is 17.0 Å². The van der Waals surface area contributed by atoms with Gasteiger partial charge in [-0.1, -0.05) is 86.6 Å². The quantitative estimate of drug-likeness (QED) is 0.337. The second kappa shape index (κ2) is 14.0. The van der Waals surface area contributed by atoms with E-state index in [1.807, 2.05) is 12.1 Å². The first kappa shape index (κ1) is 30.0. The normalized spacial score (nSPS) is 12.4. The standard InChI is InChI=1S/C30H36FN3O4S/c1-23(2)18-19-32-30(36)29(26-12-8-5-9-13-26)34(21-25-14-16-27(31)17-15-25)28(35)22-33(39(3,37)38)20-24-10-6-4-7-11-24/h4-17,23,29H,18-22H2,1-3H3,(H,32,36)/t29-/m0/s1. The maximum atomic E-state index is 13.9. The van der Waals surface area contributed by atoms with E-state index in [0.717, 1.165) is 22.5 Å². The number of carbonyl (C=O) groups excluding carboxylic acids is 2. The van der Waals surface area contributed by atoms with Crippen molar-refractivity contribution in [1.82, 2.24) is 14.5 Å². The summed E-state index contributed by atoms with van der Waals surface area (Å²) in [5.74, 6) is -0.965. The molecule has 3 rings (SSSR count). The molecule has 0 fully saturated rings. The lowest BCUT2D eigenvalue weighted by Crippen LogP contribution is -2.48. The average molecular weight is 554 g/mol. The van der Waals surface area contributed by atoms with Gasteiger partial charge in [0.05, 0.1) is 12.8 Å². The molecule has 2 amide bonds. The van der Waals surface area contributed by atoms with Gasteiger partial charge in [-0.2, -0.15) is 4.31 Å². The SMILES string of the molecule is CC(C)CCNC(=O)[C@H](c1ccccc1)N(Cc1ccc(F)cc1)C(=O)CN(Cc1ccccc1)S(C)(=O)=O. The summed E-state index contributed by atoms with van der Waals surface area (Å²) in [5.41, 5.74) is 1.92. The number of carbonyl (C=O) groups is 2. The molecule has 0 aliphatic carbocycles. The van der Waals surface area contributed by atoms with Crippen LogP contribution in [0.4, 0.5) is 4.39 Å². The van der Waals surface area contributed by atoms with Gasteiger partial charge in [-0.05, 0) is 41.2 Å². The van der Waals surface area contributed by atoms with Crippen molar-refractivity contribution in [2.45, 2.75) is 39.4 Å². The van der Waals surface area contributed by atoms with Gasteiger partial charge in [-0.3, -0.25) is 9.59 Å². The van der Waals surface area contributed by atoms with Gasteiger partial charge in [0.25, 0.3) is 0 Å². The fraction of sp³-hybridized carbons (Fsp3) is 0.333. The van der Waals surface area contributed by atoms with Crippen LogP contribution in [-0.4, -0.2) is 48.8 Å². The van der Waals surface area contributed by atoms with Crippen molar-refractivity contribution < 1.29 is 22.4 Å². The van der Waals surface area contributed by atoms with Crippen LogP contribution in [0, 0.1) is 11.7 Å². The number of hydrogen-bond acceptors (Lipinski definition) is 4. The summed E-state index contributed by atoms with van der Waals surface area (Å²) in [6.45, 7) is 4.07. The Kier molecular flexibility index (Phi) is 10.8. The predicted molar refractivity (Wildman–Crippen MR) is 150 cm³/mol. The van der Waals surface area contributed by atoms with Gasteiger partial charge < -0.3 is 10.2 Å². The topological polar surface area (TPSA) is 86.8 Å². The molecule has 1 N–H and O–H groups in total. The Labute approximate surface area is 230 Å². The molecule has 39 heavy (non-hydrogen) atoms. The summed E-state index contributed by atoms with van der Waals surface area (Å²) in [5, 5.41) is 2.94. The van der Waals surface area contributed by atoms with Crippen LogP contribution in [-0.2, 0) is 32.7 Å². The molecule has 0 saturated carbocycles. The number of amides is 2. The van der Waals surface area contributed by atoms with Crippen molar-refractivity contribution in [3.63, 3.8) is 0 Å². The lowest BCUT2D eigenvalue weighted by molar-refractivity contribution is -0.141. The minimum absolute atomic E-state index is 0.00634. The minimum Gasteiger partial charge on any atom is -0.354 e. The molecule has 0 heterocycles. The molecule has 7 nitrogen and oxygen atoms in total. The van der Waals surface area contributed by atoms with Crippen LogP contribution in [0.2, 0.25) is 0 Å². The largest absolute Gasteiger partial charge is 0.354 e. The summed E-state index contributed by atoms with van der Waals surface area (Å²) in [6, 6.07) is 22.5. The van der Waals surface area contributed by atoms with Gasteiger partial charge >= 0.3 is 0 Å². The van der Waals surface area contributed by atoms with Crippen molar-refractivity contribution >= 4 is 21.8 Å². The molecule has 0 spiro atoms. The van der Waals surface area contributed by atoms with E-state index < -0.39 is 34.3 Å². The van der Waals surface area contributed by atoms with Gasteiger partial charge in [0, 0.05) is 19.6 Å². The fourth-order valence-corrected chi connectivity index (χ4v) is 4.85. The number of halogens is 1. The third kappa shape index (κ3) is 9.30. The molecule has 0 aliphatic rings. The van der Waals surface area contributed by atoms with Crippen molar-refractivity contribution in [1.29, 1.82) is 0 Å². The van der Waals surface area contributed by atoms with E-state index in [-0.39, 0.29) is 19.0 Å². The number of benzene rings is 3. The van der Waals surface area contributed by atoms with Crippen LogP contribution in [0.1, 0.15) is 43.0 Å². The highest BCUT2D eigenvalue weighted by atomic mass is 32.2. The highest BCUT2D eigenvalue weighted by Gasteiger charge is 2.33. The Bertz CT molecular complexity index is 1320.